The lowest BCUT2D eigenvalue weighted by Crippen LogP contribution is -2.29. The average Bonchev–Trinajstić information content (AvgIpc) is 3.30. The van der Waals surface area contributed by atoms with Gasteiger partial charge < -0.3 is 9.84 Å². The number of imidazole rings is 1. The van der Waals surface area contributed by atoms with Crippen molar-refractivity contribution in [1.82, 2.24) is 19.2 Å². The molecule has 0 spiro atoms. The Labute approximate surface area is 185 Å². The smallest absolute Gasteiger partial charge is 0.329 e. The second kappa shape index (κ2) is 8.27. The van der Waals surface area contributed by atoms with Gasteiger partial charge in [0.05, 0.1) is 16.6 Å². The minimum Gasteiger partial charge on any atom is -0.359 e. The van der Waals surface area contributed by atoms with Crippen LogP contribution in [-0.4, -0.2) is 25.7 Å². The quantitative estimate of drug-likeness (QED) is 0.490. The van der Waals surface area contributed by atoms with E-state index < -0.39 is 0 Å². The number of nitrogens with zero attached hydrogens (tertiary/aromatic N) is 4. The number of halogens is 1. The average molecular weight is 436 g/mol. The van der Waals surface area contributed by atoms with Gasteiger partial charge in [0.25, 0.3) is 0 Å². The molecule has 0 amide bonds. The summed E-state index contributed by atoms with van der Waals surface area (Å²) in [5, 5.41) is 7.35. The predicted octanol–water partition coefficient (Wildman–Crippen LogP) is 4.27. The molecule has 2 aromatic heterocycles. The van der Waals surface area contributed by atoms with E-state index >= 15 is 0 Å². The lowest BCUT2D eigenvalue weighted by molar-refractivity contribution is 0.228. The van der Waals surface area contributed by atoms with E-state index in [9.17, 15) is 9.18 Å². The Bertz CT molecular complexity index is 1340. The molecule has 2 aromatic carbocycles. The van der Waals surface area contributed by atoms with E-state index in [1.54, 1.807) is 12.1 Å². The fourth-order valence-electron chi connectivity index (χ4n) is 4.53. The van der Waals surface area contributed by atoms with Crippen LogP contribution in [0.4, 0.5) is 15.9 Å². The molecule has 0 aliphatic carbocycles. The SMILES string of the molecule is CCn1c(=O)n(CC)c2cc(CN3CCc4onc(Nc5cccc(F)c5)c4C3)ccc21. The molecular weight excluding hydrogens is 409 g/mol. The number of aryl methyl sites for hydroxylation is 2. The Morgan fingerprint density at radius 1 is 1.09 bits per heavy atom. The maximum atomic E-state index is 13.5. The van der Waals surface area contributed by atoms with Gasteiger partial charge in [-0.15, -0.1) is 0 Å². The Kier molecular flexibility index (Phi) is 5.30. The van der Waals surface area contributed by atoms with Crippen molar-refractivity contribution < 1.29 is 8.91 Å². The molecule has 8 heteroatoms. The topological polar surface area (TPSA) is 68.2 Å². The zero-order valence-electron chi connectivity index (χ0n) is 18.3. The van der Waals surface area contributed by atoms with Gasteiger partial charge in [0.15, 0.2) is 5.82 Å². The van der Waals surface area contributed by atoms with Crippen LogP contribution in [0.2, 0.25) is 0 Å². The van der Waals surface area contributed by atoms with Crippen LogP contribution in [0.25, 0.3) is 11.0 Å². The van der Waals surface area contributed by atoms with Crippen LogP contribution in [0.15, 0.2) is 51.8 Å². The summed E-state index contributed by atoms with van der Waals surface area (Å²) in [6.45, 7) is 7.60. The normalized spacial score (nSPS) is 14.1. The number of anilines is 2. The molecule has 1 aliphatic heterocycles. The fraction of sp³-hybridized carbons (Fsp3) is 0.333. The predicted molar refractivity (Wildman–Crippen MR) is 122 cm³/mol. The van der Waals surface area contributed by atoms with Crippen LogP contribution >= 0.6 is 0 Å². The minimum absolute atomic E-state index is 0.0438. The molecular formula is C24H26FN5O2. The first-order valence-corrected chi connectivity index (χ1v) is 11.0. The van der Waals surface area contributed by atoms with Crippen molar-refractivity contribution in [3.8, 4) is 0 Å². The number of nitrogens with one attached hydrogen (secondary N) is 1. The zero-order chi connectivity index (χ0) is 22.2. The van der Waals surface area contributed by atoms with Gasteiger partial charge in [-0.2, -0.15) is 0 Å². The number of fused-ring (bicyclic) bond motifs is 2. The maximum absolute atomic E-state index is 13.5. The third-order valence-electron chi connectivity index (χ3n) is 6.12. The van der Waals surface area contributed by atoms with Gasteiger partial charge in [-0.05, 0) is 49.7 Å². The highest BCUT2D eigenvalue weighted by molar-refractivity contribution is 5.77. The summed E-state index contributed by atoms with van der Waals surface area (Å²) >= 11 is 0. The zero-order valence-corrected chi connectivity index (χ0v) is 18.3. The molecule has 4 aromatic rings. The van der Waals surface area contributed by atoms with E-state index in [1.807, 2.05) is 29.0 Å². The van der Waals surface area contributed by atoms with Crippen molar-refractivity contribution in [2.75, 3.05) is 11.9 Å². The van der Waals surface area contributed by atoms with Crippen LogP contribution in [0.3, 0.4) is 0 Å². The highest BCUT2D eigenvalue weighted by Gasteiger charge is 2.25. The van der Waals surface area contributed by atoms with Crippen LogP contribution < -0.4 is 11.0 Å². The third-order valence-corrected chi connectivity index (χ3v) is 6.12. The Balaban J connectivity index is 1.38. The van der Waals surface area contributed by atoms with Gasteiger partial charge in [0, 0.05) is 44.8 Å². The molecule has 0 unspecified atom stereocenters. The molecule has 0 radical (unpaired) electrons. The summed E-state index contributed by atoms with van der Waals surface area (Å²) in [6.07, 6.45) is 0.765. The van der Waals surface area contributed by atoms with Gasteiger partial charge in [0.1, 0.15) is 11.6 Å². The first-order chi connectivity index (χ1) is 15.6. The highest BCUT2D eigenvalue weighted by atomic mass is 19.1. The van der Waals surface area contributed by atoms with Crippen LogP contribution in [0.5, 0.6) is 0 Å². The van der Waals surface area contributed by atoms with Crippen LogP contribution in [0, 0.1) is 5.82 Å². The number of hydrogen-bond donors (Lipinski definition) is 1. The van der Waals surface area contributed by atoms with E-state index in [2.05, 4.69) is 27.5 Å². The highest BCUT2D eigenvalue weighted by Crippen LogP contribution is 2.29. The van der Waals surface area contributed by atoms with Gasteiger partial charge in [-0.25, -0.2) is 9.18 Å². The monoisotopic (exact) mass is 435 g/mol. The van der Waals surface area contributed by atoms with Crippen molar-refractivity contribution in [3.63, 3.8) is 0 Å². The Morgan fingerprint density at radius 3 is 2.69 bits per heavy atom. The van der Waals surface area contributed by atoms with Gasteiger partial charge in [-0.1, -0.05) is 17.3 Å². The summed E-state index contributed by atoms with van der Waals surface area (Å²) in [5.41, 5.74) is 4.80. The number of rotatable bonds is 6. The lowest BCUT2D eigenvalue weighted by atomic mass is 10.1. The van der Waals surface area contributed by atoms with E-state index in [4.69, 9.17) is 4.52 Å². The van der Waals surface area contributed by atoms with Crippen molar-refractivity contribution >= 4 is 22.5 Å². The standard InChI is InChI=1S/C24H26FN5O2/c1-3-29-20-9-8-16(12-21(20)30(4-2)24(29)31)14-28-11-10-22-19(15-28)23(27-32-22)26-18-7-5-6-17(25)13-18/h5-9,12-13H,3-4,10-11,14-15H2,1-2H3,(H,26,27). The fourth-order valence-corrected chi connectivity index (χ4v) is 4.53. The van der Waals surface area contributed by atoms with E-state index in [-0.39, 0.29) is 11.5 Å². The van der Waals surface area contributed by atoms with Crippen molar-refractivity contribution in [3.05, 3.63) is 75.7 Å². The van der Waals surface area contributed by atoms with Gasteiger partial charge in [0.2, 0.25) is 0 Å². The largest absolute Gasteiger partial charge is 0.359 e. The van der Waals surface area contributed by atoms with Crippen molar-refractivity contribution in [2.45, 2.75) is 46.4 Å². The summed E-state index contributed by atoms with van der Waals surface area (Å²) in [6, 6.07) is 12.6. The Hall–Kier alpha value is -3.39. The van der Waals surface area contributed by atoms with Gasteiger partial charge >= 0.3 is 5.69 Å². The molecule has 32 heavy (non-hydrogen) atoms. The summed E-state index contributed by atoms with van der Waals surface area (Å²) in [5.74, 6) is 1.20. The van der Waals surface area contributed by atoms with Crippen molar-refractivity contribution in [2.24, 2.45) is 0 Å². The van der Waals surface area contributed by atoms with E-state index in [0.717, 1.165) is 47.4 Å². The second-order valence-corrected chi connectivity index (χ2v) is 8.12. The molecule has 0 atom stereocenters. The molecule has 5 rings (SSSR count). The minimum atomic E-state index is -0.299. The van der Waals surface area contributed by atoms with E-state index in [1.165, 1.54) is 12.1 Å². The molecule has 166 valence electrons. The third kappa shape index (κ3) is 3.60. The molecule has 3 heterocycles. The summed E-state index contributed by atoms with van der Waals surface area (Å²) in [7, 11) is 0. The summed E-state index contributed by atoms with van der Waals surface area (Å²) < 4.78 is 22.7. The number of aromatic nitrogens is 3. The molecule has 0 bridgehead atoms. The van der Waals surface area contributed by atoms with E-state index in [0.29, 0.717) is 31.1 Å². The first kappa shape index (κ1) is 20.5. The molecule has 0 saturated heterocycles. The first-order valence-electron chi connectivity index (χ1n) is 11.0. The number of hydrogen-bond acceptors (Lipinski definition) is 5. The Morgan fingerprint density at radius 2 is 1.91 bits per heavy atom. The molecule has 0 saturated carbocycles. The number of benzene rings is 2. The molecule has 0 fully saturated rings. The van der Waals surface area contributed by atoms with Crippen molar-refractivity contribution in [1.29, 1.82) is 0 Å². The summed E-state index contributed by atoms with van der Waals surface area (Å²) in [4.78, 5) is 15.0. The molecule has 7 nitrogen and oxygen atoms in total. The van der Waals surface area contributed by atoms with Crippen LogP contribution in [-0.2, 0) is 32.6 Å². The maximum Gasteiger partial charge on any atom is 0.329 e. The molecule has 1 N–H and O–H groups in total. The van der Waals surface area contributed by atoms with Crippen LogP contribution in [0.1, 0.15) is 30.7 Å². The van der Waals surface area contributed by atoms with Gasteiger partial charge in [-0.3, -0.25) is 14.0 Å². The molecule has 1 aliphatic rings. The second-order valence-electron chi connectivity index (χ2n) is 8.12. The lowest BCUT2D eigenvalue weighted by Gasteiger charge is -2.26.